The zero-order valence-corrected chi connectivity index (χ0v) is 16.9. The second-order valence-electron chi connectivity index (χ2n) is 10.2. The lowest BCUT2D eigenvalue weighted by Crippen LogP contribution is -2.56. The second-order valence-corrected chi connectivity index (χ2v) is 10.6. The Kier molecular flexibility index (Phi) is 3.41. The molecule has 3 nitrogen and oxygen atoms in total. The van der Waals surface area contributed by atoms with Crippen LogP contribution in [-0.4, -0.2) is 17.4 Å². The van der Waals surface area contributed by atoms with Gasteiger partial charge in [-0.1, -0.05) is 18.5 Å². The van der Waals surface area contributed by atoms with Crippen LogP contribution >= 0.6 is 11.6 Å². The quantitative estimate of drug-likeness (QED) is 0.592. The van der Waals surface area contributed by atoms with Gasteiger partial charge in [-0.3, -0.25) is 9.59 Å². The standard InChI is InChI=1S/C23H29ClO3/c1-2-22-9-7-13-12-5-6-18(25)21(24)15(12)4-3-14(13)20(22)16-11-17(16)23(22)10-8-19(26)27-23/h12-14,16-17,20H,2-11H2,1H3/t12-,13?,14?,16?,17?,20?,22+,23+/m1/s1. The molecule has 27 heavy (non-hydrogen) atoms. The molecule has 1 spiro atoms. The number of carbonyl (C=O) groups excluding carboxylic acids is 2. The predicted molar refractivity (Wildman–Crippen MR) is 102 cm³/mol. The summed E-state index contributed by atoms with van der Waals surface area (Å²) in [5.41, 5.74) is 1.35. The normalized spacial score (nSPS) is 53.0. The third kappa shape index (κ3) is 1.91. The molecular weight excluding hydrogens is 360 g/mol. The summed E-state index contributed by atoms with van der Waals surface area (Å²) in [4.78, 5) is 24.3. The Hall–Kier alpha value is -0.830. The number of Topliss-reactive ketones (excluding diaryl/α,β-unsaturated/α-hetero) is 1. The smallest absolute Gasteiger partial charge is 0.306 e. The minimum absolute atomic E-state index is 0.0442. The Morgan fingerprint density at radius 1 is 1.04 bits per heavy atom. The molecule has 0 aromatic rings. The number of ether oxygens (including phenoxy) is 1. The first-order chi connectivity index (χ1) is 13.0. The summed E-state index contributed by atoms with van der Waals surface area (Å²) < 4.78 is 6.23. The fourth-order valence-corrected chi connectivity index (χ4v) is 9.36. The Morgan fingerprint density at radius 2 is 1.89 bits per heavy atom. The number of allylic oxidation sites excluding steroid dienone is 1. The second kappa shape index (κ2) is 5.40. The maximum Gasteiger partial charge on any atom is 0.306 e. The van der Waals surface area contributed by atoms with Gasteiger partial charge in [0.2, 0.25) is 0 Å². The van der Waals surface area contributed by atoms with Crippen LogP contribution in [0.4, 0.5) is 0 Å². The SMILES string of the molecule is CC[C@]12CCC3C(CCC4=C(Cl)C(=O)CC[C@@H]43)C1C1CC1[C@@]21CCC(=O)O1. The van der Waals surface area contributed by atoms with Crippen LogP contribution in [0.2, 0.25) is 0 Å². The average Bonchev–Trinajstić information content (AvgIpc) is 3.32. The summed E-state index contributed by atoms with van der Waals surface area (Å²) in [6.07, 6.45) is 10.3. The van der Waals surface area contributed by atoms with Gasteiger partial charge in [-0.15, -0.1) is 0 Å². The van der Waals surface area contributed by atoms with Gasteiger partial charge in [-0.05, 0) is 86.5 Å². The molecular formula is C23H29ClO3. The molecule has 146 valence electrons. The van der Waals surface area contributed by atoms with E-state index in [1.807, 2.05) is 0 Å². The van der Waals surface area contributed by atoms with Crippen LogP contribution in [0.15, 0.2) is 10.6 Å². The summed E-state index contributed by atoms with van der Waals surface area (Å²) in [7, 11) is 0. The number of fused-ring (bicyclic) bond motifs is 9. The molecule has 6 aliphatic rings. The number of halogens is 1. The molecule has 5 fully saturated rings. The predicted octanol–water partition coefficient (Wildman–Crippen LogP) is 5.02. The Bertz CT molecular complexity index is 772. The average molecular weight is 389 g/mol. The van der Waals surface area contributed by atoms with E-state index < -0.39 is 0 Å². The molecule has 0 bridgehead atoms. The van der Waals surface area contributed by atoms with Gasteiger partial charge in [-0.25, -0.2) is 0 Å². The number of ketones is 1. The van der Waals surface area contributed by atoms with Crippen LogP contribution in [0.25, 0.3) is 0 Å². The van der Waals surface area contributed by atoms with Crippen LogP contribution in [0.3, 0.4) is 0 Å². The summed E-state index contributed by atoms with van der Waals surface area (Å²) in [5, 5.41) is 0.578. The van der Waals surface area contributed by atoms with E-state index in [-0.39, 0.29) is 22.8 Å². The number of hydrogen-bond acceptors (Lipinski definition) is 3. The van der Waals surface area contributed by atoms with Crippen molar-refractivity contribution < 1.29 is 14.3 Å². The summed E-state index contributed by atoms with van der Waals surface area (Å²) >= 11 is 6.46. The van der Waals surface area contributed by atoms with Crippen molar-refractivity contribution >= 4 is 23.4 Å². The molecule has 4 heteroatoms. The van der Waals surface area contributed by atoms with E-state index in [2.05, 4.69) is 6.92 Å². The number of esters is 1. The molecule has 1 aliphatic heterocycles. The fraction of sp³-hybridized carbons (Fsp3) is 0.826. The molecule has 1 heterocycles. The van der Waals surface area contributed by atoms with E-state index in [0.717, 1.165) is 43.4 Å². The van der Waals surface area contributed by atoms with Gasteiger partial charge in [0.15, 0.2) is 5.78 Å². The first-order valence-corrected chi connectivity index (χ1v) is 11.5. The molecule has 1 saturated heterocycles. The first kappa shape index (κ1) is 17.1. The highest BCUT2D eigenvalue weighted by Crippen LogP contribution is 2.79. The Morgan fingerprint density at radius 3 is 2.63 bits per heavy atom. The van der Waals surface area contributed by atoms with Crippen LogP contribution in [-0.2, 0) is 14.3 Å². The van der Waals surface area contributed by atoms with Crippen molar-refractivity contribution in [3.63, 3.8) is 0 Å². The molecule has 0 aromatic heterocycles. The maximum absolute atomic E-state index is 12.2. The zero-order valence-electron chi connectivity index (χ0n) is 16.1. The minimum Gasteiger partial charge on any atom is -0.458 e. The van der Waals surface area contributed by atoms with Crippen molar-refractivity contribution in [3.8, 4) is 0 Å². The van der Waals surface area contributed by atoms with Gasteiger partial charge in [0.1, 0.15) is 5.60 Å². The van der Waals surface area contributed by atoms with E-state index in [1.165, 1.54) is 31.3 Å². The van der Waals surface area contributed by atoms with Gasteiger partial charge in [0.05, 0.1) is 5.03 Å². The topological polar surface area (TPSA) is 43.4 Å². The summed E-state index contributed by atoms with van der Waals surface area (Å²) in [6.45, 7) is 2.34. The van der Waals surface area contributed by atoms with Crippen molar-refractivity contribution in [2.24, 2.45) is 40.9 Å². The molecule has 5 unspecified atom stereocenters. The highest BCUT2D eigenvalue weighted by Gasteiger charge is 2.79. The Balaban J connectivity index is 1.39. The largest absolute Gasteiger partial charge is 0.458 e. The lowest BCUT2D eigenvalue weighted by Gasteiger charge is -2.58. The molecule has 6 rings (SSSR count). The Labute approximate surface area is 166 Å². The van der Waals surface area contributed by atoms with Crippen molar-refractivity contribution in [1.82, 2.24) is 0 Å². The molecule has 0 amide bonds. The summed E-state index contributed by atoms with van der Waals surface area (Å²) in [5.74, 6) is 4.28. The minimum atomic E-state index is -0.143. The van der Waals surface area contributed by atoms with E-state index in [1.54, 1.807) is 0 Å². The molecule has 0 N–H and O–H groups in total. The van der Waals surface area contributed by atoms with Crippen LogP contribution in [0, 0.1) is 40.9 Å². The zero-order chi connectivity index (χ0) is 18.6. The molecule has 8 atom stereocenters. The van der Waals surface area contributed by atoms with Gasteiger partial charge < -0.3 is 4.74 Å². The third-order valence-electron chi connectivity index (χ3n) is 9.86. The highest BCUT2D eigenvalue weighted by molar-refractivity contribution is 6.43. The van der Waals surface area contributed by atoms with Gasteiger partial charge in [-0.2, -0.15) is 0 Å². The van der Waals surface area contributed by atoms with E-state index in [0.29, 0.717) is 35.6 Å². The van der Waals surface area contributed by atoms with Crippen molar-refractivity contribution in [1.29, 1.82) is 0 Å². The number of hydrogen-bond donors (Lipinski definition) is 0. The first-order valence-electron chi connectivity index (χ1n) is 11.2. The van der Waals surface area contributed by atoms with E-state index >= 15 is 0 Å². The molecule has 0 radical (unpaired) electrons. The summed E-state index contributed by atoms with van der Waals surface area (Å²) in [6, 6.07) is 0. The van der Waals surface area contributed by atoms with Crippen LogP contribution < -0.4 is 0 Å². The lowest BCUT2D eigenvalue weighted by molar-refractivity contribution is -0.179. The molecule has 5 aliphatic carbocycles. The van der Waals surface area contributed by atoms with Crippen molar-refractivity contribution in [2.75, 3.05) is 0 Å². The third-order valence-corrected chi connectivity index (χ3v) is 10.3. The monoisotopic (exact) mass is 388 g/mol. The van der Waals surface area contributed by atoms with E-state index in [4.69, 9.17) is 16.3 Å². The van der Waals surface area contributed by atoms with Crippen molar-refractivity contribution in [3.05, 3.63) is 10.6 Å². The van der Waals surface area contributed by atoms with Crippen LogP contribution in [0.5, 0.6) is 0 Å². The van der Waals surface area contributed by atoms with Crippen molar-refractivity contribution in [2.45, 2.75) is 76.7 Å². The van der Waals surface area contributed by atoms with Crippen LogP contribution in [0.1, 0.15) is 71.1 Å². The van der Waals surface area contributed by atoms with Gasteiger partial charge in [0, 0.05) is 24.2 Å². The molecule has 0 aromatic carbocycles. The number of carbonyl (C=O) groups is 2. The fourth-order valence-electron chi connectivity index (χ4n) is 9.03. The van der Waals surface area contributed by atoms with E-state index in [9.17, 15) is 9.59 Å². The lowest BCUT2D eigenvalue weighted by atomic mass is 9.47. The number of rotatable bonds is 1. The highest BCUT2D eigenvalue weighted by atomic mass is 35.5. The molecule has 4 saturated carbocycles. The van der Waals surface area contributed by atoms with Gasteiger partial charge >= 0.3 is 5.97 Å². The van der Waals surface area contributed by atoms with Gasteiger partial charge in [0.25, 0.3) is 0 Å². The maximum atomic E-state index is 12.2.